The number of rotatable bonds is 5. The van der Waals surface area contributed by atoms with E-state index < -0.39 is 71.3 Å². The van der Waals surface area contributed by atoms with Gasteiger partial charge in [0.15, 0.2) is 0 Å². The molecule has 1 fully saturated rings. The lowest BCUT2D eigenvalue weighted by Crippen LogP contribution is -2.47. The molecule has 5 rings (SSSR count). The van der Waals surface area contributed by atoms with E-state index in [0.29, 0.717) is 18.2 Å². The Hall–Kier alpha value is -4.16. The number of aromatic nitrogens is 5. The Bertz CT molecular complexity index is 1480. The summed E-state index contributed by atoms with van der Waals surface area (Å²) in [6.07, 6.45) is -14.3. The summed E-state index contributed by atoms with van der Waals surface area (Å²) in [6.45, 7) is 2.86. The molecule has 2 aromatic heterocycles. The van der Waals surface area contributed by atoms with E-state index in [1.54, 1.807) is 6.92 Å². The van der Waals surface area contributed by atoms with Crippen molar-refractivity contribution in [2.24, 2.45) is 7.05 Å². The zero-order valence-electron chi connectivity index (χ0n) is 24.3. The maximum atomic E-state index is 13.6. The number of ether oxygens (including phenoxy) is 1. The number of halogens is 9. The number of carbonyl (C=O) groups is 1. The zero-order valence-corrected chi connectivity index (χ0v) is 24.3. The van der Waals surface area contributed by atoms with Crippen molar-refractivity contribution < 1.29 is 54.2 Å². The van der Waals surface area contributed by atoms with E-state index >= 15 is 0 Å². The lowest BCUT2D eigenvalue weighted by molar-refractivity contribution is -0.143. The quantitative estimate of drug-likeness (QED) is 0.293. The highest BCUT2D eigenvalue weighted by molar-refractivity contribution is 5.88. The van der Waals surface area contributed by atoms with Crippen LogP contribution in [-0.2, 0) is 36.9 Å². The maximum absolute atomic E-state index is 13.6. The molecule has 1 saturated heterocycles. The monoisotopic (exact) mass is 669 g/mol. The highest BCUT2D eigenvalue weighted by Crippen LogP contribution is 2.44. The summed E-state index contributed by atoms with van der Waals surface area (Å²) in [5, 5.41) is 21.2. The van der Waals surface area contributed by atoms with Crippen molar-refractivity contribution in [2.45, 2.75) is 69.8 Å². The van der Waals surface area contributed by atoms with E-state index in [1.165, 1.54) is 19.9 Å². The summed E-state index contributed by atoms with van der Waals surface area (Å²) in [7, 11) is 1.32. The molecule has 0 saturated carbocycles. The smallest absolute Gasteiger partial charge is 0.433 e. The normalized spacial score (nSPS) is 18.5. The molecule has 252 valence electrons. The van der Waals surface area contributed by atoms with Gasteiger partial charge in [-0.2, -0.15) is 44.3 Å². The Morgan fingerprint density at radius 2 is 1.59 bits per heavy atom. The standard InChI is InChI=1S/C23H20F9N7O2.C4H8O/c1-3-14-9-16(18-15(39(14)20(40)41)4-5-17(33-18)23(30,31)32)38(19-34-36-37(2)35-19)10-11-6-12(21(24,25)26)8-13(7-11)22(27,28)29;1-2-4-5-3-1/h4-8,14,16H,3,9-10H2,1-2H3,(H,40,41);1-4H2. The highest BCUT2D eigenvalue weighted by atomic mass is 19.4. The predicted molar refractivity (Wildman–Crippen MR) is 143 cm³/mol. The molecule has 1 amide bonds. The van der Waals surface area contributed by atoms with Gasteiger partial charge in [0.1, 0.15) is 5.69 Å². The van der Waals surface area contributed by atoms with Crippen LogP contribution in [0.25, 0.3) is 0 Å². The van der Waals surface area contributed by atoms with Crippen LogP contribution in [0.4, 0.5) is 55.9 Å². The lowest BCUT2D eigenvalue weighted by Gasteiger charge is -2.42. The Balaban J connectivity index is 0.000000874. The van der Waals surface area contributed by atoms with Crippen molar-refractivity contribution in [3.05, 3.63) is 58.4 Å². The van der Waals surface area contributed by atoms with Crippen molar-refractivity contribution in [3.63, 3.8) is 0 Å². The van der Waals surface area contributed by atoms with Crippen molar-refractivity contribution in [3.8, 4) is 0 Å². The minimum absolute atomic E-state index is 0.0562. The van der Waals surface area contributed by atoms with Gasteiger partial charge < -0.3 is 14.7 Å². The molecule has 4 heterocycles. The molecule has 0 aliphatic carbocycles. The van der Waals surface area contributed by atoms with Gasteiger partial charge in [0.25, 0.3) is 5.95 Å². The number of hydrogen-bond acceptors (Lipinski definition) is 7. The van der Waals surface area contributed by atoms with Gasteiger partial charge in [0.05, 0.1) is 35.6 Å². The minimum atomic E-state index is -5.15. The van der Waals surface area contributed by atoms with Gasteiger partial charge in [-0.05, 0) is 66.8 Å². The number of carboxylic acid groups (broad SMARTS) is 1. The summed E-state index contributed by atoms with van der Waals surface area (Å²) in [6, 6.07) is 0.223. The highest BCUT2D eigenvalue weighted by Gasteiger charge is 2.43. The van der Waals surface area contributed by atoms with Gasteiger partial charge in [0, 0.05) is 25.8 Å². The summed E-state index contributed by atoms with van der Waals surface area (Å²) < 4.78 is 127. The summed E-state index contributed by atoms with van der Waals surface area (Å²) in [5.41, 5.74) is -5.75. The van der Waals surface area contributed by atoms with Crippen LogP contribution in [-0.4, -0.2) is 55.6 Å². The molecule has 1 N–H and O–H groups in total. The van der Waals surface area contributed by atoms with Crippen LogP contribution >= 0.6 is 0 Å². The number of benzene rings is 1. The molecule has 19 heteroatoms. The van der Waals surface area contributed by atoms with E-state index in [-0.39, 0.29) is 30.5 Å². The first kappa shape index (κ1) is 34.7. The molecule has 2 unspecified atom stereocenters. The fourth-order valence-electron chi connectivity index (χ4n) is 5.16. The average molecular weight is 670 g/mol. The van der Waals surface area contributed by atoms with E-state index in [1.807, 2.05) is 0 Å². The van der Waals surface area contributed by atoms with Crippen LogP contribution in [0.5, 0.6) is 0 Å². The molecule has 1 aromatic carbocycles. The fourth-order valence-corrected chi connectivity index (χ4v) is 5.16. The van der Waals surface area contributed by atoms with Crippen molar-refractivity contribution in [1.82, 2.24) is 25.2 Å². The van der Waals surface area contributed by atoms with E-state index in [0.717, 1.165) is 33.9 Å². The molecule has 10 nitrogen and oxygen atoms in total. The Kier molecular flexibility index (Phi) is 10.0. The number of alkyl halides is 9. The third-order valence-corrected chi connectivity index (χ3v) is 7.26. The third kappa shape index (κ3) is 7.97. The van der Waals surface area contributed by atoms with Crippen molar-refractivity contribution in [2.75, 3.05) is 23.0 Å². The first-order chi connectivity index (χ1) is 21.4. The number of amides is 1. The second-order valence-corrected chi connectivity index (χ2v) is 10.5. The number of fused-ring (bicyclic) bond motifs is 1. The zero-order chi connectivity index (χ0) is 34.0. The number of tetrazole rings is 1. The van der Waals surface area contributed by atoms with Crippen LogP contribution in [0.15, 0.2) is 30.3 Å². The molecule has 2 atom stereocenters. The number of anilines is 2. The maximum Gasteiger partial charge on any atom is 0.433 e. The molecule has 0 spiro atoms. The average Bonchev–Trinajstić information content (AvgIpc) is 3.69. The van der Waals surface area contributed by atoms with Gasteiger partial charge in [-0.15, -0.1) is 5.10 Å². The van der Waals surface area contributed by atoms with Crippen LogP contribution in [0.1, 0.15) is 66.7 Å². The van der Waals surface area contributed by atoms with Gasteiger partial charge in [-0.1, -0.05) is 12.0 Å². The van der Waals surface area contributed by atoms with Crippen LogP contribution in [0.3, 0.4) is 0 Å². The first-order valence-electron chi connectivity index (χ1n) is 13.9. The summed E-state index contributed by atoms with van der Waals surface area (Å²) in [4.78, 5) is 18.6. The third-order valence-electron chi connectivity index (χ3n) is 7.26. The molecule has 2 aliphatic heterocycles. The minimum Gasteiger partial charge on any atom is -0.465 e. The second-order valence-electron chi connectivity index (χ2n) is 10.5. The second kappa shape index (κ2) is 13.3. The predicted octanol–water partition coefficient (Wildman–Crippen LogP) is 6.87. The van der Waals surface area contributed by atoms with E-state index in [4.69, 9.17) is 4.74 Å². The van der Waals surface area contributed by atoms with Gasteiger partial charge in [-0.25, -0.2) is 9.78 Å². The Morgan fingerprint density at radius 1 is 0.978 bits per heavy atom. The molecule has 0 radical (unpaired) electrons. The van der Waals surface area contributed by atoms with Gasteiger partial charge in [-0.3, -0.25) is 4.90 Å². The van der Waals surface area contributed by atoms with Gasteiger partial charge >= 0.3 is 24.6 Å². The van der Waals surface area contributed by atoms with Gasteiger partial charge in [0.2, 0.25) is 0 Å². The molecular weight excluding hydrogens is 641 g/mol. The number of nitrogens with zero attached hydrogens (tertiary/aromatic N) is 7. The molecule has 3 aromatic rings. The molecular formula is C27H28F9N7O3. The summed E-state index contributed by atoms with van der Waals surface area (Å²) >= 11 is 0. The first-order valence-corrected chi connectivity index (χ1v) is 13.9. The molecule has 0 bridgehead atoms. The van der Waals surface area contributed by atoms with Crippen LogP contribution in [0, 0.1) is 0 Å². The number of aryl methyl sites for hydroxylation is 1. The Morgan fingerprint density at radius 3 is 2.02 bits per heavy atom. The molecule has 46 heavy (non-hydrogen) atoms. The van der Waals surface area contributed by atoms with Crippen molar-refractivity contribution in [1.29, 1.82) is 0 Å². The SMILES string of the molecule is C1CCOC1.CCC1CC(N(Cc2cc(C(F)(F)F)cc(C(F)(F)F)c2)c2nnn(C)n2)c2nc(C(F)(F)F)ccc2N1C(=O)O. The number of hydrogen-bond donors (Lipinski definition) is 1. The number of pyridine rings is 1. The van der Waals surface area contributed by atoms with Crippen LogP contribution in [0.2, 0.25) is 0 Å². The van der Waals surface area contributed by atoms with Crippen LogP contribution < -0.4 is 9.80 Å². The van der Waals surface area contributed by atoms with E-state index in [9.17, 15) is 49.4 Å². The summed E-state index contributed by atoms with van der Waals surface area (Å²) in [5.74, 6) is -0.340. The fraction of sp³-hybridized carbons (Fsp3) is 0.519. The van der Waals surface area contributed by atoms with Crippen molar-refractivity contribution >= 4 is 17.7 Å². The topological polar surface area (TPSA) is 110 Å². The van der Waals surface area contributed by atoms with E-state index in [2.05, 4.69) is 20.4 Å². The molecule has 2 aliphatic rings. The lowest BCUT2D eigenvalue weighted by atomic mass is 9.91. The Labute approximate surface area is 255 Å². The largest absolute Gasteiger partial charge is 0.465 e.